The molecule has 0 bridgehead atoms. The van der Waals surface area contributed by atoms with Gasteiger partial charge in [-0.25, -0.2) is 0 Å². The fourth-order valence-corrected chi connectivity index (χ4v) is 2.52. The fraction of sp³-hybridized carbons (Fsp3) is 0.235. The number of aromatic hydroxyl groups is 1. The molecule has 1 aliphatic heterocycles. The van der Waals surface area contributed by atoms with Crippen LogP contribution in [0.4, 0.5) is 0 Å². The number of methoxy groups -OCH3 is 2. The second-order valence-electron chi connectivity index (χ2n) is 5.10. The summed E-state index contributed by atoms with van der Waals surface area (Å²) in [6.07, 6.45) is 0.715. The molecule has 0 saturated heterocycles. The third kappa shape index (κ3) is 2.70. The van der Waals surface area contributed by atoms with Gasteiger partial charge in [0.05, 0.1) is 26.0 Å². The standard InChI is InChI=1S/C17H18N2O3/c1-21-12-5-3-11(4-6-12)15-10-16(19-18-15)14-8-7-13(22-2)9-17(14)20/h3-9,15,18,20H,10H2,1-2H3. The summed E-state index contributed by atoms with van der Waals surface area (Å²) in [5.41, 5.74) is 5.81. The van der Waals surface area contributed by atoms with Crippen molar-refractivity contribution in [3.05, 3.63) is 53.6 Å². The predicted molar refractivity (Wildman–Crippen MR) is 84.7 cm³/mol. The molecular formula is C17H18N2O3. The second-order valence-corrected chi connectivity index (χ2v) is 5.10. The number of hydrogen-bond donors (Lipinski definition) is 2. The van der Waals surface area contributed by atoms with Crippen LogP contribution in [0.25, 0.3) is 0 Å². The Morgan fingerprint density at radius 3 is 2.36 bits per heavy atom. The lowest BCUT2D eigenvalue weighted by Crippen LogP contribution is -2.09. The van der Waals surface area contributed by atoms with Gasteiger partial charge in [0.1, 0.15) is 17.2 Å². The predicted octanol–water partition coefficient (Wildman–Crippen LogP) is 2.85. The number of hydrogen-bond acceptors (Lipinski definition) is 5. The largest absolute Gasteiger partial charge is 0.507 e. The maximum atomic E-state index is 10.1. The lowest BCUT2D eigenvalue weighted by molar-refractivity contribution is 0.407. The van der Waals surface area contributed by atoms with Crippen LogP contribution >= 0.6 is 0 Å². The van der Waals surface area contributed by atoms with Crippen LogP contribution in [-0.2, 0) is 0 Å². The third-order valence-electron chi connectivity index (χ3n) is 3.79. The molecule has 22 heavy (non-hydrogen) atoms. The molecule has 0 fully saturated rings. The molecule has 0 spiro atoms. The number of hydrazone groups is 1. The number of rotatable bonds is 4. The molecule has 3 rings (SSSR count). The van der Waals surface area contributed by atoms with Crippen LogP contribution < -0.4 is 14.9 Å². The Morgan fingerprint density at radius 2 is 1.73 bits per heavy atom. The van der Waals surface area contributed by atoms with Crippen molar-refractivity contribution in [2.45, 2.75) is 12.5 Å². The molecule has 0 aliphatic carbocycles. The number of benzene rings is 2. The molecule has 0 saturated carbocycles. The van der Waals surface area contributed by atoms with Crippen molar-refractivity contribution in [1.82, 2.24) is 5.43 Å². The fourth-order valence-electron chi connectivity index (χ4n) is 2.52. The highest BCUT2D eigenvalue weighted by molar-refractivity contribution is 6.04. The first-order valence-electron chi connectivity index (χ1n) is 7.04. The summed E-state index contributed by atoms with van der Waals surface area (Å²) >= 11 is 0. The molecule has 0 radical (unpaired) electrons. The molecule has 2 N–H and O–H groups in total. The van der Waals surface area contributed by atoms with Crippen LogP contribution in [0.5, 0.6) is 17.2 Å². The van der Waals surface area contributed by atoms with Gasteiger partial charge < -0.3 is 20.0 Å². The lowest BCUT2D eigenvalue weighted by atomic mass is 9.98. The quantitative estimate of drug-likeness (QED) is 0.911. The number of ether oxygens (including phenoxy) is 2. The molecule has 2 aromatic carbocycles. The maximum absolute atomic E-state index is 10.1. The molecule has 5 nitrogen and oxygen atoms in total. The first-order valence-corrected chi connectivity index (χ1v) is 7.04. The Kier molecular flexibility index (Phi) is 3.87. The van der Waals surface area contributed by atoms with E-state index in [-0.39, 0.29) is 11.8 Å². The molecule has 114 valence electrons. The zero-order chi connectivity index (χ0) is 15.5. The molecule has 0 aromatic heterocycles. The zero-order valence-corrected chi connectivity index (χ0v) is 12.5. The Morgan fingerprint density at radius 1 is 1.05 bits per heavy atom. The molecule has 1 heterocycles. The Bertz CT molecular complexity index is 696. The van der Waals surface area contributed by atoms with E-state index in [0.717, 1.165) is 22.6 Å². The van der Waals surface area contributed by atoms with Crippen molar-refractivity contribution in [2.24, 2.45) is 5.10 Å². The molecule has 5 heteroatoms. The molecule has 2 aromatic rings. The Labute approximate surface area is 129 Å². The van der Waals surface area contributed by atoms with Crippen LogP contribution in [0, 0.1) is 0 Å². The summed E-state index contributed by atoms with van der Waals surface area (Å²) in [5.74, 6) is 1.63. The van der Waals surface area contributed by atoms with Crippen molar-refractivity contribution >= 4 is 5.71 Å². The van der Waals surface area contributed by atoms with Gasteiger partial charge >= 0.3 is 0 Å². The van der Waals surface area contributed by atoms with E-state index in [1.54, 1.807) is 20.3 Å². The highest BCUT2D eigenvalue weighted by Gasteiger charge is 2.23. The molecule has 0 amide bonds. The highest BCUT2D eigenvalue weighted by Crippen LogP contribution is 2.30. The minimum absolute atomic E-state index is 0.0995. The highest BCUT2D eigenvalue weighted by atomic mass is 16.5. The molecule has 1 aliphatic rings. The molecule has 1 atom stereocenters. The van der Waals surface area contributed by atoms with Gasteiger partial charge in [0.15, 0.2) is 0 Å². The van der Waals surface area contributed by atoms with E-state index in [9.17, 15) is 5.11 Å². The van der Waals surface area contributed by atoms with E-state index in [1.165, 1.54) is 0 Å². The summed E-state index contributed by atoms with van der Waals surface area (Å²) in [7, 11) is 3.22. The first kappa shape index (κ1) is 14.3. The topological polar surface area (TPSA) is 63.1 Å². The van der Waals surface area contributed by atoms with Crippen molar-refractivity contribution in [3.8, 4) is 17.2 Å². The average molecular weight is 298 g/mol. The van der Waals surface area contributed by atoms with E-state index in [4.69, 9.17) is 9.47 Å². The minimum Gasteiger partial charge on any atom is -0.507 e. The zero-order valence-electron chi connectivity index (χ0n) is 12.5. The van der Waals surface area contributed by atoms with Gasteiger partial charge in [-0.15, -0.1) is 0 Å². The van der Waals surface area contributed by atoms with E-state index in [1.807, 2.05) is 36.4 Å². The average Bonchev–Trinajstić information content (AvgIpc) is 3.04. The second kappa shape index (κ2) is 5.97. The monoisotopic (exact) mass is 298 g/mol. The van der Waals surface area contributed by atoms with Crippen LogP contribution in [0.2, 0.25) is 0 Å². The molecular weight excluding hydrogens is 280 g/mol. The summed E-state index contributed by atoms with van der Waals surface area (Å²) in [6, 6.07) is 13.2. The maximum Gasteiger partial charge on any atom is 0.128 e. The van der Waals surface area contributed by atoms with Crippen LogP contribution in [0.3, 0.4) is 0 Å². The summed E-state index contributed by atoms with van der Waals surface area (Å²) in [6.45, 7) is 0. The van der Waals surface area contributed by atoms with E-state index in [0.29, 0.717) is 12.2 Å². The van der Waals surface area contributed by atoms with E-state index < -0.39 is 0 Å². The van der Waals surface area contributed by atoms with Crippen molar-refractivity contribution in [3.63, 3.8) is 0 Å². The van der Waals surface area contributed by atoms with Crippen LogP contribution in [0.15, 0.2) is 47.6 Å². The summed E-state index contributed by atoms with van der Waals surface area (Å²) in [5, 5.41) is 14.5. The van der Waals surface area contributed by atoms with Crippen LogP contribution in [0.1, 0.15) is 23.6 Å². The Hall–Kier alpha value is -2.69. The summed E-state index contributed by atoms with van der Waals surface area (Å²) in [4.78, 5) is 0. The van der Waals surface area contributed by atoms with Gasteiger partial charge in [0, 0.05) is 18.1 Å². The smallest absolute Gasteiger partial charge is 0.128 e. The van der Waals surface area contributed by atoms with Crippen molar-refractivity contribution in [1.29, 1.82) is 0 Å². The van der Waals surface area contributed by atoms with Crippen LogP contribution in [-0.4, -0.2) is 25.0 Å². The number of nitrogens with one attached hydrogen (secondary N) is 1. The van der Waals surface area contributed by atoms with E-state index in [2.05, 4.69) is 10.5 Å². The minimum atomic E-state index is 0.0995. The van der Waals surface area contributed by atoms with Gasteiger partial charge in [-0.05, 0) is 29.8 Å². The molecule has 1 unspecified atom stereocenters. The number of phenolic OH excluding ortho intramolecular Hbond substituents is 1. The Balaban J connectivity index is 1.76. The van der Waals surface area contributed by atoms with Crippen molar-refractivity contribution < 1.29 is 14.6 Å². The van der Waals surface area contributed by atoms with Gasteiger partial charge in [-0.1, -0.05) is 12.1 Å². The van der Waals surface area contributed by atoms with Crippen molar-refractivity contribution in [2.75, 3.05) is 14.2 Å². The number of nitrogens with zero attached hydrogens (tertiary/aromatic N) is 1. The van der Waals surface area contributed by atoms with Gasteiger partial charge in [0.2, 0.25) is 0 Å². The lowest BCUT2D eigenvalue weighted by Gasteiger charge is -2.11. The van der Waals surface area contributed by atoms with Gasteiger partial charge in [0.25, 0.3) is 0 Å². The third-order valence-corrected chi connectivity index (χ3v) is 3.79. The first-order chi connectivity index (χ1) is 10.7. The normalized spacial score (nSPS) is 16.8. The SMILES string of the molecule is COc1ccc(C2CC(c3ccc(OC)cc3O)=NN2)cc1. The van der Waals surface area contributed by atoms with Gasteiger partial charge in [-0.3, -0.25) is 0 Å². The summed E-state index contributed by atoms with van der Waals surface area (Å²) < 4.78 is 10.3. The van der Waals surface area contributed by atoms with E-state index >= 15 is 0 Å². The van der Waals surface area contributed by atoms with Gasteiger partial charge in [-0.2, -0.15) is 5.10 Å². The number of phenols is 1.